The van der Waals surface area contributed by atoms with E-state index in [-0.39, 0.29) is 0 Å². The molecule has 1 aliphatic heterocycles. The molecule has 1 aromatic carbocycles. The standard InChI is InChI=1S/C13H18O2/c1-11-5-7-12(8-6-11)13(2)14-9-3-4-10-15-13/h5-8H,3-4,9-10H2,1-2H3. The Kier molecular flexibility index (Phi) is 3.08. The quantitative estimate of drug-likeness (QED) is 0.703. The van der Waals surface area contributed by atoms with Crippen LogP contribution in [0.4, 0.5) is 0 Å². The van der Waals surface area contributed by atoms with Crippen molar-refractivity contribution in [2.24, 2.45) is 0 Å². The molecule has 1 aromatic rings. The van der Waals surface area contributed by atoms with Crippen LogP contribution in [0, 0.1) is 6.92 Å². The first-order valence-electron chi connectivity index (χ1n) is 5.56. The minimum Gasteiger partial charge on any atom is -0.346 e. The van der Waals surface area contributed by atoms with E-state index in [2.05, 4.69) is 31.2 Å². The summed E-state index contributed by atoms with van der Waals surface area (Å²) in [6.45, 7) is 5.65. The normalized spacial score (nSPS) is 20.9. The highest BCUT2D eigenvalue weighted by molar-refractivity contribution is 5.24. The number of rotatable bonds is 1. The Labute approximate surface area is 91.2 Å². The first kappa shape index (κ1) is 10.7. The van der Waals surface area contributed by atoms with Crippen LogP contribution in [-0.2, 0) is 15.3 Å². The Bertz CT molecular complexity index is 308. The van der Waals surface area contributed by atoms with Crippen LogP contribution in [0.3, 0.4) is 0 Å². The fourth-order valence-electron chi connectivity index (χ4n) is 1.80. The molecule has 2 heteroatoms. The van der Waals surface area contributed by atoms with Gasteiger partial charge < -0.3 is 9.47 Å². The molecule has 15 heavy (non-hydrogen) atoms. The maximum atomic E-state index is 5.79. The van der Waals surface area contributed by atoms with E-state index in [4.69, 9.17) is 9.47 Å². The summed E-state index contributed by atoms with van der Waals surface area (Å²) in [5.41, 5.74) is 2.37. The molecule has 0 unspecified atom stereocenters. The van der Waals surface area contributed by atoms with Gasteiger partial charge in [-0.2, -0.15) is 0 Å². The molecule has 1 fully saturated rings. The first-order valence-corrected chi connectivity index (χ1v) is 5.56. The Hall–Kier alpha value is -0.860. The monoisotopic (exact) mass is 206 g/mol. The predicted molar refractivity (Wildman–Crippen MR) is 59.7 cm³/mol. The lowest BCUT2D eigenvalue weighted by Gasteiger charge is -2.28. The van der Waals surface area contributed by atoms with Crippen molar-refractivity contribution in [2.45, 2.75) is 32.5 Å². The number of hydrogen-bond donors (Lipinski definition) is 0. The fourth-order valence-corrected chi connectivity index (χ4v) is 1.80. The van der Waals surface area contributed by atoms with Crippen molar-refractivity contribution in [3.05, 3.63) is 35.4 Å². The molecule has 2 rings (SSSR count). The second-order valence-corrected chi connectivity index (χ2v) is 4.22. The third-order valence-corrected chi connectivity index (χ3v) is 2.87. The molecule has 1 saturated heterocycles. The van der Waals surface area contributed by atoms with Crippen LogP contribution in [0.15, 0.2) is 24.3 Å². The highest BCUT2D eigenvalue weighted by Gasteiger charge is 2.29. The average molecular weight is 206 g/mol. The number of aryl methyl sites for hydroxylation is 1. The summed E-state index contributed by atoms with van der Waals surface area (Å²) in [7, 11) is 0. The van der Waals surface area contributed by atoms with Crippen molar-refractivity contribution in [2.75, 3.05) is 13.2 Å². The molecule has 1 aliphatic rings. The smallest absolute Gasteiger partial charge is 0.191 e. The number of benzene rings is 1. The van der Waals surface area contributed by atoms with Crippen molar-refractivity contribution in [3.8, 4) is 0 Å². The average Bonchev–Trinajstić information content (AvgIpc) is 2.45. The second kappa shape index (κ2) is 4.33. The SMILES string of the molecule is Cc1ccc(C2(C)OCCCCO2)cc1. The van der Waals surface area contributed by atoms with E-state index in [9.17, 15) is 0 Å². The van der Waals surface area contributed by atoms with Crippen LogP contribution in [0.25, 0.3) is 0 Å². The third-order valence-electron chi connectivity index (χ3n) is 2.87. The summed E-state index contributed by atoms with van der Waals surface area (Å²) in [4.78, 5) is 0. The molecule has 82 valence electrons. The van der Waals surface area contributed by atoms with Crippen molar-refractivity contribution >= 4 is 0 Å². The van der Waals surface area contributed by atoms with Gasteiger partial charge in [0, 0.05) is 5.56 Å². The summed E-state index contributed by atoms with van der Waals surface area (Å²) in [5.74, 6) is -0.551. The van der Waals surface area contributed by atoms with Gasteiger partial charge in [-0.25, -0.2) is 0 Å². The van der Waals surface area contributed by atoms with Gasteiger partial charge in [-0.3, -0.25) is 0 Å². The summed E-state index contributed by atoms with van der Waals surface area (Å²) in [5, 5.41) is 0. The lowest BCUT2D eigenvalue weighted by molar-refractivity contribution is -0.221. The van der Waals surface area contributed by atoms with Crippen molar-refractivity contribution in [1.29, 1.82) is 0 Å². The molecule has 1 heterocycles. The molecule has 0 radical (unpaired) electrons. The van der Waals surface area contributed by atoms with Gasteiger partial charge in [-0.05, 0) is 26.7 Å². The van der Waals surface area contributed by atoms with Gasteiger partial charge in [0.2, 0.25) is 0 Å². The zero-order valence-corrected chi connectivity index (χ0v) is 9.45. The molecule has 0 amide bonds. The zero-order chi connectivity index (χ0) is 10.7. The third kappa shape index (κ3) is 2.39. The van der Waals surface area contributed by atoms with Gasteiger partial charge >= 0.3 is 0 Å². The molecule has 0 bridgehead atoms. The Balaban J connectivity index is 2.22. The van der Waals surface area contributed by atoms with Gasteiger partial charge in [0.25, 0.3) is 0 Å². The summed E-state index contributed by atoms with van der Waals surface area (Å²) >= 11 is 0. The van der Waals surface area contributed by atoms with E-state index in [1.807, 2.05) is 6.92 Å². The molecule has 0 atom stereocenters. The highest BCUT2D eigenvalue weighted by Crippen LogP contribution is 2.29. The minimum absolute atomic E-state index is 0.551. The van der Waals surface area contributed by atoms with Gasteiger partial charge in [0.1, 0.15) is 0 Å². The van der Waals surface area contributed by atoms with Gasteiger partial charge in [0.15, 0.2) is 5.79 Å². The lowest BCUT2D eigenvalue weighted by atomic mass is 10.1. The van der Waals surface area contributed by atoms with Crippen LogP contribution < -0.4 is 0 Å². The molecule has 0 spiro atoms. The molecule has 0 saturated carbocycles. The largest absolute Gasteiger partial charge is 0.346 e. The highest BCUT2D eigenvalue weighted by atomic mass is 16.7. The zero-order valence-electron chi connectivity index (χ0n) is 9.45. The Morgan fingerprint density at radius 1 is 1.00 bits per heavy atom. The second-order valence-electron chi connectivity index (χ2n) is 4.22. The summed E-state index contributed by atoms with van der Waals surface area (Å²) in [6.07, 6.45) is 2.17. The van der Waals surface area contributed by atoms with E-state index in [1.54, 1.807) is 0 Å². The first-order chi connectivity index (χ1) is 7.21. The topological polar surface area (TPSA) is 18.5 Å². The van der Waals surface area contributed by atoms with Gasteiger partial charge in [-0.15, -0.1) is 0 Å². The van der Waals surface area contributed by atoms with Gasteiger partial charge in [-0.1, -0.05) is 29.8 Å². The van der Waals surface area contributed by atoms with E-state index >= 15 is 0 Å². The molecular formula is C13H18O2. The van der Waals surface area contributed by atoms with Crippen molar-refractivity contribution in [1.82, 2.24) is 0 Å². The van der Waals surface area contributed by atoms with Crippen LogP contribution >= 0.6 is 0 Å². The molecule has 0 N–H and O–H groups in total. The van der Waals surface area contributed by atoms with E-state index in [1.165, 1.54) is 5.56 Å². The Morgan fingerprint density at radius 3 is 2.07 bits per heavy atom. The minimum atomic E-state index is -0.551. The van der Waals surface area contributed by atoms with Crippen LogP contribution in [0.5, 0.6) is 0 Å². The van der Waals surface area contributed by atoms with Crippen molar-refractivity contribution < 1.29 is 9.47 Å². The van der Waals surface area contributed by atoms with Crippen molar-refractivity contribution in [3.63, 3.8) is 0 Å². The molecular weight excluding hydrogens is 188 g/mol. The lowest BCUT2D eigenvalue weighted by Crippen LogP contribution is -2.28. The fraction of sp³-hybridized carbons (Fsp3) is 0.538. The Morgan fingerprint density at radius 2 is 1.53 bits per heavy atom. The van der Waals surface area contributed by atoms with Crippen LogP contribution in [-0.4, -0.2) is 13.2 Å². The summed E-state index contributed by atoms with van der Waals surface area (Å²) in [6, 6.07) is 8.36. The van der Waals surface area contributed by atoms with E-state index in [0.29, 0.717) is 0 Å². The molecule has 2 nitrogen and oxygen atoms in total. The summed E-state index contributed by atoms with van der Waals surface area (Å²) < 4.78 is 11.6. The van der Waals surface area contributed by atoms with E-state index in [0.717, 1.165) is 31.6 Å². The predicted octanol–water partition coefficient (Wildman–Crippen LogP) is 2.99. The number of hydrogen-bond acceptors (Lipinski definition) is 2. The molecule has 0 aliphatic carbocycles. The van der Waals surface area contributed by atoms with E-state index < -0.39 is 5.79 Å². The van der Waals surface area contributed by atoms with Gasteiger partial charge in [0.05, 0.1) is 13.2 Å². The maximum absolute atomic E-state index is 5.79. The van der Waals surface area contributed by atoms with Crippen LogP contribution in [0.1, 0.15) is 30.9 Å². The van der Waals surface area contributed by atoms with Crippen LogP contribution in [0.2, 0.25) is 0 Å². The molecule has 0 aromatic heterocycles. The maximum Gasteiger partial charge on any atom is 0.191 e. The number of ether oxygens (including phenoxy) is 2.